The first-order valence-electron chi connectivity index (χ1n) is 6.00. The standard InChI is InChI=1S/C15H17NO3/c1-18-13-6-3-7-14(9-13)19-10-15(16)11-4-2-5-12(17)8-11/h2-9,15,17H,10,16H2,1H3. The van der Waals surface area contributed by atoms with Crippen LogP contribution in [0.25, 0.3) is 0 Å². The van der Waals surface area contributed by atoms with Crippen LogP contribution in [-0.4, -0.2) is 18.8 Å². The van der Waals surface area contributed by atoms with Gasteiger partial charge >= 0.3 is 0 Å². The van der Waals surface area contributed by atoms with Crippen LogP contribution in [-0.2, 0) is 0 Å². The Morgan fingerprint density at radius 1 is 1.11 bits per heavy atom. The molecule has 0 aliphatic heterocycles. The van der Waals surface area contributed by atoms with Gasteiger partial charge in [0.1, 0.15) is 23.9 Å². The predicted molar refractivity (Wildman–Crippen MR) is 73.5 cm³/mol. The van der Waals surface area contributed by atoms with E-state index in [1.807, 2.05) is 24.3 Å². The summed E-state index contributed by atoms with van der Waals surface area (Å²) in [5, 5.41) is 9.40. The van der Waals surface area contributed by atoms with Crippen LogP contribution in [0.3, 0.4) is 0 Å². The number of hydrogen-bond donors (Lipinski definition) is 2. The summed E-state index contributed by atoms with van der Waals surface area (Å²) in [5.74, 6) is 1.65. The van der Waals surface area contributed by atoms with Gasteiger partial charge in [-0.25, -0.2) is 0 Å². The number of hydrogen-bond acceptors (Lipinski definition) is 4. The van der Waals surface area contributed by atoms with E-state index in [1.165, 1.54) is 0 Å². The van der Waals surface area contributed by atoms with E-state index in [1.54, 1.807) is 31.4 Å². The molecular weight excluding hydrogens is 242 g/mol. The molecule has 2 aromatic carbocycles. The van der Waals surface area contributed by atoms with Crippen LogP contribution in [0, 0.1) is 0 Å². The molecule has 3 N–H and O–H groups in total. The summed E-state index contributed by atoms with van der Waals surface area (Å²) in [6, 6.07) is 13.9. The quantitative estimate of drug-likeness (QED) is 0.865. The molecule has 4 nitrogen and oxygen atoms in total. The zero-order chi connectivity index (χ0) is 13.7. The van der Waals surface area contributed by atoms with Gasteiger partial charge in [-0.2, -0.15) is 0 Å². The minimum Gasteiger partial charge on any atom is -0.508 e. The number of phenols is 1. The van der Waals surface area contributed by atoms with Gasteiger partial charge in [-0.05, 0) is 29.8 Å². The third-order valence-electron chi connectivity index (χ3n) is 2.77. The molecule has 0 spiro atoms. The first kappa shape index (κ1) is 13.2. The average Bonchev–Trinajstić information content (AvgIpc) is 2.45. The molecular formula is C15H17NO3. The van der Waals surface area contributed by atoms with Gasteiger partial charge in [0.15, 0.2) is 0 Å². The fourth-order valence-corrected chi connectivity index (χ4v) is 1.73. The van der Waals surface area contributed by atoms with Crippen molar-refractivity contribution >= 4 is 0 Å². The molecule has 1 atom stereocenters. The summed E-state index contributed by atoms with van der Waals surface area (Å²) in [6.07, 6.45) is 0. The van der Waals surface area contributed by atoms with Crippen LogP contribution >= 0.6 is 0 Å². The third-order valence-corrected chi connectivity index (χ3v) is 2.77. The Hall–Kier alpha value is -2.20. The molecule has 100 valence electrons. The molecule has 0 aliphatic rings. The predicted octanol–water partition coefficient (Wildman–Crippen LogP) is 2.48. The number of nitrogens with two attached hydrogens (primary N) is 1. The maximum Gasteiger partial charge on any atom is 0.123 e. The minimum absolute atomic E-state index is 0.203. The molecule has 0 fully saturated rings. The monoisotopic (exact) mass is 259 g/mol. The first-order valence-corrected chi connectivity index (χ1v) is 6.00. The van der Waals surface area contributed by atoms with Gasteiger partial charge in [0.05, 0.1) is 13.2 Å². The van der Waals surface area contributed by atoms with Crippen molar-refractivity contribution in [3.8, 4) is 17.2 Å². The van der Waals surface area contributed by atoms with Crippen molar-refractivity contribution in [3.63, 3.8) is 0 Å². The molecule has 0 saturated carbocycles. The van der Waals surface area contributed by atoms with Gasteiger partial charge in [0.2, 0.25) is 0 Å². The molecule has 2 aromatic rings. The Morgan fingerprint density at radius 3 is 2.58 bits per heavy atom. The molecule has 0 amide bonds. The van der Waals surface area contributed by atoms with E-state index in [0.717, 1.165) is 11.3 Å². The van der Waals surface area contributed by atoms with E-state index < -0.39 is 0 Å². The van der Waals surface area contributed by atoms with Crippen LogP contribution in [0.15, 0.2) is 48.5 Å². The lowest BCUT2D eigenvalue weighted by atomic mass is 10.1. The summed E-state index contributed by atoms with van der Waals surface area (Å²) < 4.78 is 10.7. The Kier molecular flexibility index (Phi) is 4.26. The number of aromatic hydroxyl groups is 1. The smallest absolute Gasteiger partial charge is 0.123 e. The van der Waals surface area contributed by atoms with Crippen molar-refractivity contribution < 1.29 is 14.6 Å². The van der Waals surface area contributed by atoms with Gasteiger partial charge in [-0.3, -0.25) is 0 Å². The highest BCUT2D eigenvalue weighted by Crippen LogP contribution is 2.21. The summed E-state index contributed by atoms with van der Waals surface area (Å²) in [5.41, 5.74) is 6.85. The van der Waals surface area contributed by atoms with Crippen molar-refractivity contribution in [3.05, 3.63) is 54.1 Å². The first-order chi connectivity index (χ1) is 9.19. The lowest BCUT2D eigenvalue weighted by Gasteiger charge is -2.14. The van der Waals surface area contributed by atoms with Crippen molar-refractivity contribution in [2.24, 2.45) is 5.73 Å². The van der Waals surface area contributed by atoms with E-state index in [0.29, 0.717) is 12.4 Å². The molecule has 1 unspecified atom stereocenters. The number of benzene rings is 2. The van der Waals surface area contributed by atoms with E-state index in [2.05, 4.69) is 0 Å². The van der Waals surface area contributed by atoms with Crippen LogP contribution in [0.1, 0.15) is 11.6 Å². The van der Waals surface area contributed by atoms with Crippen molar-refractivity contribution in [1.29, 1.82) is 0 Å². The summed E-state index contributed by atoms with van der Waals surface area (Å²) in [6.45, 7) is 0.330. The van der Waals surface area contributed by atoms with Gasteiger partial charge in [0, 0.05) is 6.07 Å². The maximum atomic E-state index is 9.40. The van der Waals surface area contributed by atoms with E-state index in [9.17, 15) is 5.11 Å². The topological polar surface area (TPSA) is 64.7 Å². The fourth-order valence-electron chi connectivity index (χ4n) is 1.73. The summed E-state index contributed by atoms with van der Waals surface area (Å²) in [7, 11) is 1.61. The van der Waals surface area contributed by atoms with Crippen LogP contribution < -0.4 is 15.2 Å². The number of phenolic OH excluding ortho intramolecular Hbond substituents is 1. The van der Waals surface area contributed by atoms with Crippen molar-refractivity contribution in [1.82, 2.24) is 0 Å². The SMILES string of the molecule is COc1cccc(OCC(N)c2cccc(O)c2)c1. The fraction of sp³-hybridized carbons (Fsp3) is 0.200. The normalized spacial score (nSPS) is 11.9. The van der Waals surface area contributed by atoms with Gasteiger partial charge in [0.25, 0.3) is 0 Å². The summed E-state index contributed by atoms with van der Waals surface area (Å²) in [4.78, 5) is 0. The second-order valence-corrected chi connectivity index (χ2v) is 4.19. The van der Waals surface area contributed by atoms with Crippen molar-refractivity contribution in [2.75, 3.05) is 13.7 Å². The van der Waals surface area contributed by atoms with Crippen LogP contribution in [0.4, 0.5) is 0 Å². The number of methoxy groups -OCH3 is 1. The maximum absolute atomic E-state index is 9.40. The molecule has 4 heteroatoms. The number of ether oxygens (including phenoxy) is 2. The van der Waals surface area contributed by atoms with Crippen LogP contribution in [0.5, 0.6) is 17.2 Å². The molecule has 2 rings (SSSR count). The molecule has 0 aromatic heterocycles. The highest BCUT2D eigenvalue weighted by Gasteiger charge is 2.08. The summed E-state index contributed by atoms with van der Waals surface area (Å²) >= 11 is 0. The highest BCUT2D eigenvalue weighted by atomic mass is 16.5. The van der Waals surface area contributed by atoms with Gasteiger partial charge in [-0.1, -0.05) is 18.2 Å². The molecule has 19 heavy (non-hydrogen) atoms. The van der Waals surface area contributed by atoms with Crippen LogP contribution in [0.2, 0.25) is 0 Å². The minimum atomic E-state index is -0.293. The molecule has 0 bridgehead atoms. The molecule has 0 radical (unpaired) electrons. The molecule has 0 saturated heterocycles. The second-order valence-electron chi connectivity index (χ2n) is 4.19. The number of rotatable bonds is 5. The zero-order valence-electron chi connectivity index (χ0n) is 10.7. The van der Waals surface area contributed by atoms with E-state index in [-0.39, 0.29) is 11.8 Å². The zero-order valence-corrected chi connectivity index (χ0v) is 10.7. The molecule has 0 aliphatic carbocycles. The Bertz CT molecular complexity index is 542. The Balaban J connectivity index is 1.98. The van der Waals surface area contributed by atoms with Gasteiger partial charge < -0.3 is 20.3 Å². The lowest BCUT2D eigenvalue weighted by Crippen LogP contribution is -2.18. The second kappa shape index (κ2) is 6.11. The Labute approximate surface area is 112 Å². The van der Waals surface area contributed by atoms with E-state index >= 15 is 0 Å². The van der Waals surface area contributed by atoms with Gasteiger partial charge in [-0.15, -0.1) is 0 Å². The van der Waals surface area contributed by atoms with Crippen molar-refractivity contribution in [2.45, 2.75) is 6.04 Å². The average molecular weight is 259 g/mol. The third kappa shape index (κ3) is 3.63. The van der Waals surface area contributed by atoms with E-state index in [4.69, 9.17) is 15.2 Å². The molecule has 0 heterocycles. The largest absolute Gasteiger partial charge is 0.508 e. The Morgan fingerprint density at radius 2 is 1.84 bits per heavy atom. The highest BCUT2D eigenvalue weighted by molar-refractivity contribution is 5.33. The lowest BCUT2D eigenvalue weighted by molar-refractivity contribution is 0.288.